The second-order valence-corrected chi connectivity index (χ2v) is 6.36. The van der Waals surface area contributed by atoms with Gasteiger partial charge in [0.1, 0.15) is 0 Å². The number of ether oxygens (including phenoxy) is 2. The van der Waals surface area contributed by atoms with E-state index >= 15 is 0 Å². The number of amides is 1. The molecule has 2 aliphatic heterocycles. The lowest BCUT2D eigenvalue weighted by atomic mass is 9.93. The first kappa shape index (κ1) is 18.8. The molecule has 1 fully saturated rings. The van der Waals surface area contributed by atoms with Gasteiger partial charge in [0.15, 0.2) is 0 Å². The Hall–Kier alpha value is -2.00. The van der Waals surface area contributed by atoms with Gasteiger partial charge < -0.3 is 14.8 Å². The van der Waals surface area contributed by atoms with E-state index < -0.39 is 17.4 Å². The summed E-state index contributed by atoms with van der Waals surface area (Å²) in [4.78, 5) is 12.3. The van der Waals surface area contributed by atoms with Crippen molar-refractivity contribution in [1.82, 2.24) is 5.32 Å². The first-order chi connectivity index (χ1) is 12.3. The van der Waals surface area contributed by atoms with Crippen LogP contribution in [0.15, 0.2) is 34.5 Å². The zero-order valence-corrected chi connectivity index (χ0v) is 14.3. The summed E-state index contributed by atoms with van der Waals surface area (Å²) in [6, 6.07) is 5.15. The maximum absolute atomic E-state index is 13.0. The molecule has 0 aromatic heterocycles. The number of alkyl halides is 3. The molecule has 1 aromatic carbocycles. The summed E-state index contributed by atoms with van der Waals surface area (Å²) in [6.07, 6.45) is -3.22. The molecule has 9 heteroatoms. The van der Waals surface area contributed by atoms with Crippen LogP contribution in [0.2, 0.25) is 0 Å². The van der Waals surface area contributed by atoms with Gasteiger partial charge in [-0.05, 0) is 19.1 Å². The standard InChI is InChI=1S/C17H20F3N3O3/c1-2-26-15(7-9-25-10-8-15)11-21-14(24)12-3-5-13(6-4-12)16(22-23-16)17(18,19)20/h3-6H,2,7-11H2,1H3,(H,21,24). The summed E-state index contributed by atoms with van der Waals surface area (Å²) in [5, 5.41) is 9.11. The maximum atomic E-state index is 13.0. The molecule has 142 valence electrons. The number of carbonyl (C=O) groups is 1. The summed E-state index contributed by atoms with van der Waals surface area (Å²) >= 11 is 0. The molecule has 1 amide bonds. The van der Waals surface area contributed by atoms with Gasteiger partial charge in [-0.1, -0.05) is 12.1 Å². The average Bonchev–Trinajstić information content (AvgIpc) is 3.43. The molecule has 0 aliphatic carbocycles. The molecule has 1 N–H and O–H groups in total. The number of hydrogen-bond donors (Lipinski definition) is 1. The van der Waals surface area contributed by atoms with Gasteiger partial charge in [-0.3, -0.25) is 4.79 Å². The molecule has 1 aromatic rings. The van der Waals surface area contributed by atoms with Crippen molar-refractivity contribution >= 4 is 5.91 Å². The maximum Gasteiger partial charge on any atom is 0.442 e. The van der Waals surface area contributed by atoms with Crippen molar-refractivity contribution in [2.24, 2.45) is 10.2 Å². The van der Waals surface area contributed by atoms with Gasteiger partial charge in [0.25, 0.3) is 5.91 Å². The van der Waals surface area contributed by atoms with E-state index in [1.165, 1.54) is 24.3 Å². The summed E-state index contributed by atoms with van der Waals surface area (Å²) in [5.74, 6) is -0.368. The van der Waals surface area contributed by atoms with Gasteiger partial charge in [-0.25, -0.2) is 0 Å². The molecule has 3 rings (SSSR count). The molecule has 0 saturated carbocycles. The van der Waals surface area contributed by atoms with Crippen molar-refractivity contribution in [3.8, 4) is 0 Å². The molecule has 1 saturated heterocycles. The predicted octanol–water partition coefficient (Wildman–Crippen LogP) is 3.18. The molecule has 6 nitrogen and oxygen atoms in total. The van der Waals surface area contributed by atoms with Crippen LogP contribution in [0.4, 0.5) is 13.2 Å². The molecule has 2 aliphatic rings. The van der Waals surface area contributed by atoms with Crippen LogP contribution in [0, 0.1) is 0 Å². The minimum atomic E-state index is -4.58. The fraction of sp³-hybridized carbons (Fsp3) is 0.588. The predicted molar refractivity (Wildman–Crippen MR) is 85.8 cm³/mol. The number of benzene rings is 1. The van der Waals surface area contributed by atoms with Crippen molar-refractivity contribution in [2.45, 2.75) is 37.2 Å². The highest BCUT2D eigenvalue weighted by Gasteiger charge is 2.65. The van der Waals surface area contributed by atoms with Crippen molar-refractivity contribution < 1.29 is 27.4 Å². The molecule has 0 unspecified atom stereocenters. The smallest absolute Gasteiger partial charge is 0.381 e. The van der Waals surface area contributed by atoms with Crippen LogP contribution >= 0.6 is 0 Å². The Morgan fingerprint density at radius 2 is 1.85 bits per heavy atom. The van der Waals surface area contributed by atoms with E-state index in [4.69, 9.17) is 9.47 Å². The van der Waals surface area contributed by atoms with E-state index in [-0.39, 0.29) is 17.0 Å². The SMILES string of the molecule is CCOC1(CNC(=O)c2ccc(C3(C(F)(F)F)N=N3)cc2)CCOCC1. The van der Waals surface area contributed by atoms with Gasteiger partial charge in [-0.2, -0.15) is 13.2 Å². The first-order valence-corrected chi connectivity index (χ1v) is 8.43. The third-order valence-electron chi connectivity index (χ3n) is 4.67. The molecule has 0 atom stereocenters. The topological polar surface area (TPSA) is 72.3 Å². The lowest BCUT2D eigenvalue weighted by Gasteiger charge is -2.37. The monoisotopic (exact) mass is 371 g/mol. The van der Waals surface area contributed by atoms with Crippen LogP contribution in [-0.2, 0) is 15.1 Å². The second kappa shape index (κ2) is 6.96. The first-order valence-electron chi connectivity index (χ1n) is 8.43. The number of nitrogens with one attached hydrogen (secondary N) is 1. The summed E-state index contributed by atoms with van der Waals surface area (Å²) in [7, 11) is 0. The highest BCUT2D eigenvalue weighted by molar-refractivity contribution is 5.94. The van der Waals surface area contributed by atoms with Crippen LogP contribution in [0.1, 0.15) is 35.7 Å². The molecule has 26 heavy (non-hydrogen) atoms. The highest BCUT2D eigenvalue weighted by atomic mass is 19.4. The van der Waals surface area contributed by atoms with E-state index in [0.717, 1.165) is 0 Å². The molecule has 0 bridgehead atoms. The number of carbonyl (C=O) groups excluding carboxylic acids is 1. The van der Waals surface area contributed by atoms with Gasteiger partial charge in [0, 0.05) is 50.3 Å². The number of hydrogen-bond acceptors (Lipinski definition) is 5. The summed E-state index contributed by atoms with van der Waals surface area (Å²) in [6.45, 7) is 3.87. The Bertz CT molecular complexity index is 671. The lowest BCUT2D eigenvalue weighted by Crippen LogP contribution is -2.48. The van der Waals surface area contributed by atoms with Crippen LogP contribution in [-0.4, -0.2) is 44.0 Å². The van der Waals surface area contributed by atoms with Gasteiger partial charge in [0.05, 0.1) is 5.60 Å². The van der Waals surface area contributed by atoms with Crippen LogP contribution in [0.3, 0.4) is 0 Å². The van der Waals surface area contributed by atoms with Crippen molar-refractivity contribution in [1.29, 1.82) is 0 Å². The van der Waals surface area contributed by atoms with E-state index in [2.05, 4.69) is 15.5 Å². The molecule has 0 spiro atoms. The zero-order chi connectivity index (χ0) is 18.8. The lowest BCUT2D eigenvalue weighted by molar-refractivity contribution is -0.166. The van der Waals surface area contributed by atoms with Gasteiger partial charge >= 0.3 is 11.8 Å². The van der Waals surface area contributed by atoms with Gasteiger partial charge in [-0.15, -0.1) is 10.2 Å². The van der Waals surface area contributed by atoms with Crippen molar-refractivity contribution in [2.75, 3.05) is 26.4 Å². The average molecular weight is 371 g/mol. The zero-order valence-electron chi connectivity index (χ0n) is 14.3. The third kappa shape index (κ3) is 3.59. The van der Waals surface area contributed by atoms with E-state index in [0.29, 0.717) is 39.2 Å². The Morgan fingerprint density at radius 1 is 1.23 bits per heavy atom. The normalized spacial score (nSPS) is 20.6. The van der Waals surface area contributed by atoms with Gasteiger partial charge in [0.2, 0.25) is 0 Å². The Labute approximate surface area is 148 Å². The van der Waals surface area contributed by atoms with Crippen LogP contribution in [0.25, 0.3) is 0 Å². The molecular formula is C17H20F3N3O3. The van der Waals surface area contributed by atoms with Crippen molar-refractivity contribution in [3.05, 3.63) is 35.4 Å². The fourth-order valence-corrected chi connectivity index (χ4v) is 3.06. The van der Waals surface area contributed by atoms with Crippen LogP contribution < -0.4 is 5.32 Å². The Kier molecular flexibility index (Phi) is 5.03. The Morgan fingerprint density at radius 3 is 2.35 bits per heavy atom. The van der Waals surface area contributed by atoms with E-state index in [1.54, 1.807) is 0 Å². The summed E-state index contributed by atoms with van der Waals surface area (Å²) < 4.78 is 50.1. The fourth-order valence-electron chi connectivity index (χ4n) is 3.06. The molecule has 0 radical (unpaired) electrons. The number of halogens is 3. The van der Waals surface area contributed by atoms with E-state index in [1.807, 2.05) is 6.92 Å². The summed E-state index contributed by atoms with van der Waals surface area (Å²) in [5.41, 5.74) is -2.76. The number of rotatable bonds is 6. The number of nitrogens with zero attached hydrogens (tertiary/aromatic N) is 2. The minimum Gasteiger partial charge on any atom is -0.381 e. The molecular weight excluding hydrogens is 351 g/mol. The molecule has 2 heterocycles. The van der Waals surface area contributed by atoms with Crippen LogP contribution in [0.5, 0.6) is 0 Å². The highest BCUT2D eigenvalue weighted by Crippen LogP contribution is 2.52. The Balaban J connectivity index is 1.63. The van der Waals surface area contributed by atoms with Crippen molar-refractivity contribution in [3.63, 3.8) is 0 Å². The van der Waals surface area contributed by atoms with E-state index in [9.17, 15) is 18.0 Å². The second-order valence-electron chi connectivity index (χ2n) is 6.36. The minimum absolute atomic E-state index is 0.100. The largest absolute Gasteiger partial charge is 0.442 e. The quantitative estimate of drug-likeness (QED) is 0.835. The third-order valence-corrected chi connectivity index (χ3v) is 4.67.